The zero-order valence-corrected chi connectivity index (χ0v) is 31.3. The van der Waals surface area contributed by atoms with Crippen molar-refractivity contribution in [1.29, 1.82) is 0 Å². The lowest BCUT2D eigenvalue weighted by Gasteiger charge is -2.36. The van der Waals surface area contributed by atoms with Crippen LogP contribution in [0.2, 0.25) is 0 Å². The molecule has 1 aromatic heterocycles. The van der Waals surface area contributed by atoms with E-state index in [0.29, 0.717) is 43.0 Å². The lowest BCUT2D eigenvalue weighted by Crippen LogP contribution is -2.46. The van der Waals surface area contributed by atoms with Gasteiger partial charge in [-0.25, -0.2) is 4.68 Å². The minimum atomic E-state index is -0.319. The lowest BCUT2D eigenvalue weighted by molar-refractivity contribution is -0.109. The molecule has 10 heteroatoms. The van der Waals surface area contributed by atoms with E-state index in [2.05, 4.69) is 25.2 Å². The van der Waals surface area contributed by atoms with Gasteiger partial charge < -0.3 is 25.0 Å². The Morgan fingerprint density at radius 1 is 0.925 bits per heavy atom. The molecule has 5 aromatic rings. The predicted molar refractivity (Wildman–Crippen MR) is 210 cm³/mol. The van der Waals surface area contributed by atoms with Crippen molar-refractivity contribution < 1.29 is 24.2 Å². The molecule has 0 radical (unpaired) electrons. The van der Waals surface area contributed by atoms with Crippen molar-refractivity contribution in [2.45, 2.75) is 65.5 Å². The summed E-state index contributed by atoms with van der Waals surface area (Å²) in [6, 6.07) is 28.9. The Labute approximate surface area is 312 Å². The zero-order valence-electron chi connectivity index (χ0n) is 31.3. The number of aliphatic hydroxyl groups excluding tert-OH is 1. The molecule has 278 valence electrons. The van der Waals surface area contributed by atoms with Crippen LogP contribution in [0.15, 0.2) is 91.0 Å². The van der Waals surface area contributed by atoms with Gasteiger partial charge in [-0.15, -0.1) is 0 Å². The Kier molecular flexibility index (Phi) is 13.8. The summed E-state index contributed by atoms with van der Waals surface area (Å²) >= 11 is 0. The largest absolute Gasteiger partial charge is 0.486 e. The molecule has 0 bridgehead atoms. The van der Waals surface area contributed by atoms with Crippen molar-refractivity contribution in [3.8, 4) is 11.4 Å². The standard InChI is InChI=1S/C31H41N5O3.C12H10O2/c1-5-7-15-34(16-8-6-2)31(39)28-17-22(3)36(33-28)29-14-13-25(32-4)19-27(29)30(38)35-20-24-12-10-9-11-23(24)18-26(35)21-37;13-7-8-14-12-6-5-10-3-1-2-4-11(10)9-12/h9-14,17,19,26,32,37H,5-8,15-16,18,20-21H2,1-4H3;1-7,9H,8H2/t26-;/m0./s1. The third kappa shape index (κ3) is 9.50. The number of aromatic nitrogens is 2. The molecule has 10 nitrogen and oxygen atoms in total. The van der Waals surface area contributed by atoms with Gasteiger partial charge in [0, 0.05) is 38.1 Å². The number of hydrogen-bond acceptors (Lipinski definition) is 7. The number of aryl methyl sites for hydroxylation is 1. The number of ether oxygens (including phenoxy) is 1. The molecule has 0 aliphatic carbocycles. The highest BCUT2D eigenvalue weighted by Gasteiger charge is 2.32. The van der Waals surface area contributed by atoms with Crippen LogP contribution in [0.1, 0.15) is 77.2 Å². The molecular formula is C43H51N5O5. The molecule has 53 heavy (non-hydrogen) atoms. The van der Waals surface area contributed by atoms with Crippen LogP contribution in [0, 0.1) is 6.92 Å². The number of rotatable bonds is 14. The van der Waals surface area contributed by atoms with E-state index in [1.165, 1.54) is 5.39 Å². The van der Waals surface area contributed by atoms with Crippen LogP contribution in [-0.2, 0) is 17.8 Å². The molecule has 1 aliphatic heterocycles. The normalized spacial score (nSPS) is 13.5. The number of benzene rings is 4. The van der Waals surface area contributed by atoms with Crippen molar-refractivity contribution in [2.24, 2.45) is 0 Å². The Bertz CT molecular complexity index is 2000. The molecule has 2 heterocycles. The van der Waals surface area contributed by atoms with Gasteiger partial charge in [0.25, 0.3) is 11.8 Å². The fraction of sp³-hybridized carbons (Fsp3) is 0.349. The summed E-state index contributed by atoms with van der Waals surface area (Å²) in [6.45, 7) is 7.98. The van der Waals surface area contributed by atoms with Gasteiger partial charge in [-0.1, -0.05) is 81.3 Å². The minimum Gasteiger partial charge on any atom is -0.486 e. The molecule has 6 rings (SSSR count). The average molecular weight is 718 g/mol. The number of unbranched alkanes of at least 4 members (excludes halogenated alkanes) is 2. The third-order valence-electron chi connectivity index (χ3n) is 9.57. The number of hydrogen-bond donors (Lipinski definition) is 2. The van der Waals surface area contributed by atoms with Gasteiger partial charge in [0.05, 0.1) is 23.9 Å². The molecular weight excluding hydrogens is 667 g/mol. The third-order valence-corrected chi connectivity index (χ3v) is 9.57. The average Bonchev–Trinajstić information content (AvgIpc) is 3.59. The van der Waals surface area contributed by atoms with Crippen LogP contribution < -0.4 is 10.1 Å². The van der Waals surface area contributed by atoms with Gasteiger partial charge in [-0.05, 0) is 84.5 Å². The van der Waals surface area contributed by atoms with Crippen LogP contribution in [0.5, 0.6) is 5.75 Å². The summed E-state index contributed by atoms with van der Waals surface area (Å²) in [7, 11) is 1.81. The summed E-state index contributed by atoms with van der Waals surface area (Å²) < 4.78 is 6.89. The van der Waals surface area contributed by atoms with Gasteiger partial charge in [-0.3, -0.25) is 14.4 Å². The maximum Gasteiger partial charge on any atom is 0.274 e. The van der Waals surface area contributed by atoms with E-state index >= 15 is 0 Å². The number of amides is 2. The molecule has 2 amide bonds. The van der Waals surface area contributed by atoms with Crippen molar-refractivity contribution >= 4 is 34.6 Å². The van der Waals surface area contributed by atoms with Crippen LogP contribution in [0.4, 0.5) is 5.69 Å². The number of nitrogens with zero attached hydrogens (tertiary/aromatic N) is 4. The number of nitrogens with one attached hydrogen (secondary N) is 1. The minimum absolute atomic E-state index is 0.0774. The van der Waals surface area contributed by atoms with E-state index in [9.17, 15) is 19.5 Å². The number of carbonyl (C=O) groups is 3. The summed E-state index contributed by atoms with van der Waals surface area (Å²) in [4.78, 5) is 41.3. The molecule has 2 N–H and O–H groups in total. The highest BCUT2D eigenvalue weighted by Crippen LogP contribution is 2.29. The molecule has 0 unspecified atom stereocenters. The zero-order chi connectivity index (χ0) is 37.7. The predicted octanol–water partition coefficient (Wildman–Crippen LogP) is 7.24. The number of fused-ring (bicyclic) bond motifs is 2. The fourth-order valence-electron chi connectivity index (χ4n) is 6.58. The van der Waals surface area contributed by atoms with E-state index in [1.54, 1.807) is 15.6 Å². The first-order chi connectivity index (χ1) is 25.8. The first-order valence-corrected chi connectivity index (χ1v) is 18.5. The van der Waals surface area contributed by atoms with E-state index in [4.69, 9.17) is 9.84 Å². The summed E-state index contributed by atoms with van der Waals surface area (Å²) in [5.41, 5.74) is 5.29. The molecule has 0 saturated carbocycles. The van der Waals surface area contributed by atoms with Crippen LogP contribution >= 0.6 is 0 Å². The Morgan fingerprint density at radius 2 is 1.62 bits per heavy atom. The van der Waals surface area contributed by atoms with E-state index < -0.39 is 0 Å². The second kappa shape index (κ2) is 18.8. The van der Waals surface area contributed by atoms with Gasteiger partial charge in [0.15, 0.2) is 12.0 Å². The molecule has 0 saturated heterocycles. The van der Waals surface area contributed by atoms with Gasteiger partial charge in [0.1, 0.15) is 12.4 Å². The quantitative estimate of drug-likeness (QED) is 0.116. The number of anilines is 1. The first-order valence-electron chi connectivity index (χ1n) is 18.5. The fourth-order valence-corrected chi connectivity index (χ4v) is 6.58. The van der Waals surface area contributed by atoms with Crippen LogP contribution in [-0.4, -0.2) is 82.2 Å². The molecule has 1 aliphatic rings. The lowest BCUT2D eigenvalue weighted by atomic mass is 9.93. The smallest absolute Gasteiger partial charge is 0.274 e. The number of aliphatic hydroxyl groups is 1. The Morgan fingerprint density at radius 3 is 2.30 bits per heavy atom. The number of aldehydes is 1. The maximum atomic E-state index is 14.1. The van der Waals surface area contributed by atoms with Crippen molar-refractivity contribution in [3.05, 3.63) is 119 Å². The second-order valence-corrected chi connectivity index (χ2v) is 13.3. The van der Waals surface area contributed by atoms with Crippen molar-refractivity contribution in [2.75, 3.05) is 38.7 Å². The summed E-state index contributed by atoms with van der Waals surface area (Å²) in [5, 5.41) is 20.3. The molecule has 4 aromatic carbocycles. The molecule has 1 atom stereocenters. The highest BCUT2D eigenvalue weighted by atomic mass is 16.5. The van der Waals surface area contributed by atoms with Crippen LogP contribution in [0.3, 0.4) is 0 Å². The van der Waals surface area contributed by atoms with Gasteiger partial charge in [-0.2, -0.15) is 5.10 Å². The van der Waals surface area contributed by atoms with Gasteiger partial charge >= 0.3 is 0 Å². The monoisotopic (exact) mass is 717 g/mol. The SMILES string of the molecule is CCCCN(CCCC)C(=O)c1cc(C)n(-c2ccc(NC)cc2C(=O)N2Cc3ccccc3C[C@H]2CO)n1.O=CCOc1ccc2ccccc2c1. The van der Waals surface area contributed by atoms with Crippen molar-refractivity contribution in [3.63, 3.8) is 0 Å². The molecule has 0 spiro atoms. The summed E-state index contributed by atoms with van der Waals surface area (Å²) in [6.07, 6.45) is 5.28. The first kappa shape index (κ1) is 38.7. The Hall–Kier alpha value is -5.48. The van der Waals surface area contributed by atoms with E-state index in [1.807, 2.05) is 97.7 Å². The van der Waals surface area contributed by atoms with E-state index in [0.717, 1.165) is 65.6 Å². The van der Waals surface area contributed by atoms with Crippen molar-refractivity contribution in [1.82, 2.24) is 19.6 Å². The second-order valence-electron chi connectivity index (χ2n) is 13.3. The topological polar surface area (TPSA) is 117 Å². The van der Waals surface area contributed by atoms with Crippen LogP contribution in [0.25, 0.3) is 16.5 Å². The maximum absolute atomic E-state index is 14.1. The van der Waals surface area contributed by atoms with Gasteiger partial charge in [0.2, 0.25) is 0 Å². The Balaban J connectivity index is 0.000000322. The number of carbonyl (C=O) groups excluding carboxylic acids is 3. The molecule has 0 fully saturated rings. The highest BCUT2D eigenvalue weighted by molar-refractivity contribution is 5.99. The summed E-state index contributed by atoms with van der Waals surface area (Å²) in [5.74, 6) is 0.480. The van der Waals surface area contributed by atoms with E-state index in [-0.39, 0.29) is 31.1 Å².